The van der Waals surface area contributed by atoms with Crippen LogP contribution >= 0.6 is 11.6 Å². The highest BCUT2D eigenvalue weighted by Gasteiger charge is 2.16. The van der Waals surface area contributed by atoms with Crippen LogP contribution in [0.15, 0.2) is 48.5 Å². The lowest BCUT2D eigenvalue weighted by molar-refractivity contribution is -0.124. The molecule has 0 heterocycles. The van der Waals surface area contributed by atoms with Crippen LogP contribution in [0, 0.1) is 0 Å². The number of amides is 1. The van der Waals surface area contributed by atoms with Crippen molar-refractivity contribution < 1.29 is 9.53 Å². The monoisotopic (exact) mass is 357 g/mol. The summed E-state index contributed by atoms with van der Waals surface area (Å²) in [6.07, 6.45) is 6.55. The van der Waals surface area contributed by atoms with E-state index in [0.717, 1.165) is 24.8 Å². The minimum Gasteiger partial charge on any atom is -0.483 e. The van der Waals surface area contributed by atoms with Crippen molar-refractivity contribution in [3.63, 3.8) is 0 Å². The van der Waals surface area contributed by atoms with Crippen molar-refractivity contribution in [1.29, 1.82) is 0 Å². The van der Waals surface area contributed by atoms with Crippen molar-refractivity contribution in [2.75, 3.05) is 6.61 Å². The van der Waals surface area contributed by atoms with E-state index in [9.17, 15) is 4.79 Å². The van der Waals surface area contributed by atoms with Crippen molar-refractivity contribution >= 4 is 17.5 Å². The standard InChI is InChI=1S/C21H24ClNO2/c22-18-11-12-20(17(14-18)13-16-7-3-1-4-8-16)25-15-21(24)23-19-9-5-2-6-10-19/h1,3-4,7-8,11-12,14,19H,2,5-6,9-10,13,15H2,(H,23,24). The van der Waals surface area contributed by atoms with Crippen molar-refractivity contribution in [3.05, 3.63) is 64.7 Å². The van der Waals surface area contributed by atoms with Gasteiger partial charge in [0.05, 0.1) is 0 Å². The SMILES string of the molecule is O=C(COc1ccc(Cl)cc1Cc1ccccc1)NC1CCCCC1. The van der Waals surface area contributed by atoms with Crippen LogP contribution in [-0.2, 0) is 11.2 Å². The molecule has 25 heavy (non-hydrogen) atoms. The zero-order valence-corrected chi connectivity index (χ0v) is 15.1. The summed E-state index contributed by atoms with van der Waals surface area (Å²) in [6.45, 7) is 0.0416. The number of benzene rings is 2. The molecule has 1 N–H and O–H groups in total. The van der Waals surface area contributed by atoms with Gasteiger partial charge in [0.2, 0.25) is 0 Å². The lowest BCUT2D eigenvalue weighted by atomic mass is 9.95. The smallest absolute Gasteiger partial charge is 0.258 e. The molecule has 2 aromatic rings. The van der Waals surface area contributed by atoms with Gasteiger partial charge >= 0.3 is 0 Å². The number of carbonyl (C=O) groups is 1. The molecule has 1 amide bonds. The average Bonchev–Trinajstić information content (AvgIpc) is 2.63. The largest absolute Gasteiger partial charge is 0.483 e. The highest BCUT2D eigenvalue weighted by molar-refractivity contribution is 6.30. The quantitative estimate of drug-likeness (QED) is 0.809. The van der Waals surface area contributed by atoms with Crippen molar-refractivity contribution in [3.8, 4) is 5.75 Å². The molecule has 0 aromatic heterocycles. The van der Waals surface area contributed by atoms with E-state index < -0.39 is 0 Å². The number of rotatable bonds is 6. The van der Waals surface area contributed by atoms with Crippen LogP contribution < -0.4 is 10.1 Å². The summed E-state index contributed by atoms with van der Waals surface area (Å²) in [4.78, 5) is 12.2. The molecule has 0 unspecified atom stereocenters. The van der Waals surface area contributed by atoms with Crippen LogP contribution in [-0.4, -0.2) is 18.6 Å². The van der Waals surface area contributed by atoms with Gasteiger partial charge in [-0.2, -0.15) is 0 Å². The minimum atomic E-state index is -0.0486. The maximum absolute atomic E-state index is 12.2. The van der Waals surface area contributed by atoms with E-state index in [1.54, 1.807) is 6.07 Å². The summed E-state index contributed by atoms with van der Waals surface area (Å²) in [6, 6.07) is 16.0. The van der Waals surface area contributed by atoms with Crippen LogP contribution in [0.3, 0.4) is 0 Å². The highest BCUT2D eigenvalue weighted by Crippen LogP contribution is 2.25. The fourth-order valence-electron chi connectivity index (χ4n) is 3.30. The Kier molecular flexibility index (Phi) is 6.35. The average molecular weight is 358 g/mol. The molecule has 0 aliphatic heterocycles. The maximum atomic E-state index is 12.2. The second-order valence-electron chi connectivity index (χ2n) is 6.61. The normalized spacial score (nSPS) is 14.9. The topological polar surface area (TPSA) is 38.3 Å². The lowest BCUT2D eigenvalue weighted by Gasteiger charge is -2.22. The Morgan fingerprint density at radius 1 is 1.08 bits per heavy atom. The molecule has 1 saturated carbocycles. The van der Waals surface area contributed by atoms with Gasteiger partial charge in [-0.05, 0) is 42.2 Å². The maximum Gasteiger partial charge on any atom is 0.258 e. The van der Waals surface area contributed by atoms with Crippen LogP contribution in [0.4, 0.5) is 0 Å². The van der Waals surface area contributed by atoms with E-state index in [2.05, 4.69) is 17.4 Å². The Bertz CT molecular complexity index is 696. The predicted octanol–water partition coefficient (Wildman–Crippen LogP) is 4.76. The van der Waals surface area contributed by atoms with Gasteiger partial charge in [0.15, 0.2) is 6.61 Å². The third-order valence-corrected chi connectivity index (χ3v) is 4.82. The summed E-state index contributed by atoms with van der Waals surface area (Å²) >= 11 is 6.14. The van der Waals surface area contributed by atoms with E-state index in [1.807, 2.05) is 30.3 Å². The Balaban J connectivity index is 1.60. The third-order valence-electron chi connectivity index (χ3n) is 4.59. The van der Waals surface area contributed by atoms with E-state index in [1.165, 1.54) is 24.8 Å². The Labute approximate surface area is 154 Å². The van der Waals surface area contributed by atoms with Gasteiger partial charge in [-0.3, -0.25) is 4.79 Å². The first-order valence-corrected chi connectivity index (χ1v) is 9.33. The lowest BCUT2D eigenvalue weighted by Crippen LogP contribution is -2.39. The summed E-state index contributed by atoms with van der Waals surface area (Å²) in [5.74, 6) is 0.666. The zero-order chi connectivity index (χ0) is 17.5. The fourth-order valence-corrected chi connectivity index (χ4v) is 3.50. The molecule has 1 aliphatic carbocycles. The number of ether oxygens (including phenoxy) is 1. The van der Waals surface area contributed by atoms with Gasteiger partial charge in [0.1, 0.15) is 5.75 Å². The molecule has 4 heteroatoms. The molecule has 3 rings (SSSR count). The zero-order valence-electron chi connectivity index (χ0n) is 14.3. The molecule has 132 valence electrons. The second-order valence-corrected chi connectivity index (χ2v) is 7.04. The Hall–Kier alpha value is -2.00. The van der Waals surface area contributed by atoms with Crippen molar-refractivity contribution in [1.82, 2.24) is 5.32 Å². The molecular weight excluding hydrogens is 334 g/mol. The molecule has 0 radical (unpaired) electrons. The molecule has 2 aromatic carbocycles. The molecule has 3 nitrogen and oxygen atoms in total. The van der Waals surface area contributed by atoms with Crippen LogP contribution in [0.25, 0.3) is 0 Å². The van der Waals surface area contributed by atoms with Gasteiger partial charge in [0, 0.05) is 17.5 Å². The van der Waals surface area contributed by atoms with Gasteiger partial charge in [-0.1, -0.05) is 61.2 Å². The first-order valence-electron chi connectivity index (χ1n) is 8.95. The summed E-state index contributed by atoms with van der Waals surface area (Å²) in [5.41, 5.74) is 2.17. The van der Waals surface area contributed by atoms with Crippen LogP contribution in [0.1, 0.15) is 43.2 Å². The fraction of sp³-hybridized carbons (Fsp3) is 0.381. The Morgan fingerprint density at radius 3 is 2.60 bits per heavy atom. The van der Waals surface area contributed by atoms with Gasteiger partial charge in [-0.15, -0.1) is 0 Å². The van der Waals surface area contributed by atoms with E-state index in [-0.39, 0.29) is 12.5 Å². The van der Waals surface area contributed by atoms with Gasteiger partial charge < -0.3 is 10.1 Å². The first kappa shape index (κ1) is 17.8. The number of hydrogen-bond acceptors (Lipinski definition) is 2. The third kappa shape index (κ3) is 5.50. The van der Waals surface area contributed by atoms with Crippen molar-refractivity contribution in [2.45, 2.75) is 44.6 Å². The van der Waals surface area contributed by atoms with Gasteiger partial charge in [-0.25, -0.2) is 0 Å². The molecule has 0 spiro atoms. The second kappa shape index (κ2) is 8.91. The summed E-state index contributed by atoms with van der Waals surface area (Å²) < 4.78 is 5.80. The minimum absolute atomic E-state index is 0.0416. The molecule has 0 atom stereocenters. The number of carbonyl (C=O) groups excluding carboxylic acids is 1. The number of halogens is 1. The number of hydrogen-bond donors (Lipinski definition) is 1. The summed E-state index contributed by atoms with van der Waals surface area (Å²) in [5, 5.41) is 3.75. The van der Waals surface area contributed by atoms with Crippen molar-refractivity contribution in [2.24, 2.45) is 0 Å². The molecular formula is C21H24ClNO2. The predicted molar refractivity (Wildman–Crippen MR) is 101 cm³/mol. The van der Waals surface area contributed by atoms with Gasteiger partial charge in [0.25, 0.3) is 5.91 Å². The molecule has 1 fully saturated rings. The van der Waals surface area contributed by atoms with Crippen LogP contribution in [0.2, 0.25) is 5.02 Å². The first-order chi connectivity index (χ1) is 12.2. The highest BCUT2D eigenvalue weighted by atomic mass is 35.5. The Morgan fingerprint density at radius 2 is 1.84 bits per heavy atom. The van der Waals surface area contributed by atoms with Crippen LogP contribution in [0.5, 0.6) is 5.75 Å². The van der Waals surface area contributed by atoms with E-state index in [0.29, 0.717) is 16.8 Å². The van der Waals surface area contributed by atoms with E-state index in [4.69, 9.17) is 16.3 Å². The number of nitrogens with one attached hydrogen (secondary N) is 1. The summed E-state index contributed by atoms with van der Waals surface area (Å²) in [7, 11) is 0. The molecule has 0 bridgehead atoms. The molecule has 1 aliphatic rings. The van der Waals surface area contributed by atoms with E-state index >= 15 is 0 Å². The molecule has 0 saturated heterocycles.